The summed E-state index contributed by atoms with van der Waals surface area (Å²) in [4.78, 5) is 22.9. The number of aromatic nitrogens is 1. The number of rotatable bonds is 6. The number of sulfonamides is 1. The molecule has 1 aromatic heterocycles. The Bertz CT molecular complexity index is 1230. The molecule has 0 atom stereocenters. The van der Waals surface area contributed by atoms with Gasteiger partial charge in [0, 0.05) is 18.2 Å². The maximum absolute atomic E-state index is 13.0. The Hall–Kier alpha value is -3.46. The first-order valence-corrected chi connectivity index (χ1v) is 10.6. The lowest BCUT2D eigenvalue weighted by Crippen LogP contribution is -2.14. The van der Waals surface area contributed by atoms with Crippen molar-refractivity contribution < 1.29 is 22.5 Å². The lowest BCUT2D eigenvalue weighted by molar-refractivity contribution is -0.114. The minimum absolute atomic E-state index is 0.0741. The zero-order chi connectivity index (χ0) is 22.1. The second-order valence-corrected chi connectivity index (χ2v) is 8.52. The van der Waals surface area contributed by atoms with Crippen molar-refractivity contribution in [1.29, 1.82) is 0 Å². The quantitative estimate of drug-likeness (QED) is 0.576. The van der Waals surface area contributed by atoms with E-state index in [-0.39, 0.29) is 22.5 Å². The highest BCUT2D eigenvalue weighted by Crippen LogP contribution is 2.34. The monoisotopic (exact) mass is 427 g/mol. The minimum Gasteiger partial charge on any atom is -0.337 e. The first kappa shape index (κ1) is 21.3. The molecule has 0 spiro atoms. The third-order valence-electron chi connectivity index (χ3n) is 4.46. The van der Waals surface area contributed by atoms with E-state index in [0.717, 1.165) is 0 Å². The van der Waals surface area contributed by atoms with Crippen LogP contribution in [0.4, 0.5) is 11.6 Å². The number of nitrogens with one attached hydrogen (secondary N) is 2. The predicted octanol–water partition coefficient (Wildman–Crippen LogP) is 3.92. The van der Waals surface area contributed by atoms with Gasteiger partial charge in [0.25, 0.3) is 10.0 Å². The van der Waals surface area contributed by atoms with Crippen molar-refractivity contribution in [3.8, 4) is 11.1 Å². The van der Waals surface area contributed by atoms with Crippen LogP contribution in [-0.4, -0.2) is 25.3 Å². The second-order valence-electron chi connectivity index (χ2n) is 6.87. The van der Waals surface area contributed by atoms with Gasteiger partial charge < -0.3 is 4.52 Å². The van der Waals surface area contributed by atoms with E-state index in [1.54, 1.807) is 38.1 Å². The second kappa shape index (κ2) is 8.11. The summed E-state index contributed by atoms with van der Waals surface area (Å²) in [7, 11) is -3.91. The fourth-order valence-electron chi connectivity index (χ4n) is 2.98. The van der Waals surface area contributed by atoms with Crippen molar-refractivity contribution in [3.05, 3.63) is 59.3 Å². The molecule has 8 nitrogen and oxygen atoms in total. The van der Waals surface area contributed by atoms with E-state index >= 15 is 0 Å². The molecule has 1 amide bonds. The van der Waals surface area contributed by atoms with Crippen molar-refractivity contribution in [2.45, 2.75) is 32.6 Å². The summed E-state index contributed by atoms with van der Waals surface area (Å²) in [6, 6.07) is 11.1. The fraction of sp³-hybridized carbons (Fsp3) is 0.190. The van der Waals surface area contributed by atoms with Crippen molar-refractivity contribution >= 4 is 33.3 Å². The summed E-state index contributed by atoms with van der Waals surface area (Å²) in [6.45, 7) is 6.17. The molecule has 0 bridgehead atoms. The predicted molar refractivity (Wildman–Crippen MR) is 113 cm³/mol. The van der Waals surface area contributed by atoms with Gasteiger partial charge in [0.1, 0.15) is 0 Å². The number of hydrogen-bond donors (Lipinski definition) is 2. The molecule has 0 aliphatic carbocycles. The molecule has 9 heteroatoms. The van der Waals surface area contributed by atoms with Crippen molar-refractivity contribution in [2.24, 2.45) is 0 Å². The van der Waals surface area contributed by atoms with Crippen molar-refractivity contribution in [3.63, 3.8) is 0 Å². The van der Waals surface area contributed by atoms with Gasteiger partial charge in [-0.1, -0.05) is 17.3 Å². The molecule has 0 saturated heterocycles. The molecular formula is C21H21N3O5S. The van der Waals surface area contributed by atoms with E-state index in [9.17, 15) is 18.0 Å². The molecule has 3 aromatic rings. The van der Waals surface area contributed by atoms with Crippen molar-refractivity contribution in [1.82, 2.24) is 5.16 Å². The normalized spacial score (nSPS) is 11.2. The highest BCUT2D eigenvalue weighted by Gasteiger charge is 2.22. The number of Topliss-reactive ketones (excluding diaryl/α,β-unsaturated/α-hetero) is 1. The van der Waals surface area contributed by atoms with Crippen LogP contribution in [-0.2, 0) is 14.8 Å². The van der Waals surface area contributed by atoms with Crippen LogP contribution in [0.15, 0.2) is 51.9 Å². The highest BCUT2D eigenvalue weighted by atomic mass is 32.2. The molecule has 1 heterocycles. The standard InChI is InChI=1S/C21H21N3O5S/c1-12-5-6-17(20-13(2)23-29-21(20)22-15(4)26)11-19(12)30(27,28)24-18-9-7-16(8-10-18)14(3)25/h5-11,24H,1-4H3,(H,22,26). The zero-order valence-electron chi connectivity index (χ0n) is 16.9. The SMILES string of the molecule is CC(=O)Nc1onc(C)c1-c1ccc(C)c(S(=O)(=O)Nc2ccc(C(C)=O)cc2)c1. The first-order chi connectivity index (χ1) is 14.1. The van der Waals surface area contributed by atoms with E-state index in [4.69, 9.17) is 4.52 Å². The van der Waals surface area contributed by atoms with Gasteiger partial charge >= 0.3 is 0 Å². The molecule has 156 valence electrons. The number of anilines is 2. The van der Waals surface area contributed by atoms with Crippen LogP contribution >= 0.6 is 0 Å². The van der Waals surface area contributed by atoms with E-state index in [1.165, 1.54) is 32.0 Å². The lowest BCUT2D eigenvalue weighted by atomic mass is 10.0. The Kier molecular flexibility index (Phi) is 5.75. The molecule has 2 N–H and O–H groups in total. The molecule has 2 aromatic carbocycles. The molecular weight excluding hydrogens is 406 g/mol. The van der Waals surface area contributed by atoms with Crippen molar-refractivity contribution in [2.75, 3.05) is 10.0 Å². The fourth-order valence-corrected chi connectivity index (χ4v) is 4.31. The summed E-state index contributed by atoms with van der Waals surface area (Å²) in [5.41, 5.74) is 2.93. The Morgan fingerprint density at radius 1 is 1.00 bits per heavy atom. The zero-order valence-corrected chi connectivity index (χ0v) is 17.8. The van der Waals surface area contributed by atoms with Gasteiger partial charge in [0.15, 0.2) is 5.78 Å². The minimum atomic E-state index is -3.91. The lowest BCUT2D eigenvalue weighted by Gasteiger charge is -2.13. The average molecular weight is 427 g/mol. The summed E-state index contributed by atoms with van der Waals surface area (Å²) < 4.78 is 33.7. The Morgan fingerprint density at radius 3 is 2.27 bits per heavy atom. The van der Waals surface area contributed by atoms with E-state index < -0.39 is 10.0 Å². The third kappa shape index (κ3) is 4.41. The average Bonchev–Trinajstić information content (AvgIpc) is 3.01. The van der Waals surface area contributed by atoms with E-state index in [0.29, 0.717) is 33.6 Å². The summed E-state index contributed by atoms with van der Waals surface area (Å²) in [6.07, 6.45) is 0. The summed E-state index contributed by atoms with van der Waals surface area (Å²) >= 11 is 0. The van der Waals surface area contributed by atoms with Crippen LogP contribution in [0, 0.1) is 13.8 Å². The summed E-state index contributed by atoms with van der Waals surface area (Å²) in [5.74, 6) is -0.282. The first-order valence-electron chi connectivity index (χ1n) is 9.07. The van der Waals surface area contributed by atoms with Gasteiger partial charge in [-0.3, -0.25) is 19.6 Å². The molecule has 0 aliphatic heterocycles. The molecule has 0 unspecified atom stereocenters. The Labute approximate surface area is 174 Å². The number of ketones is 1. The van der Waals surface area contributed by atoms with Crippen LogP contribution in [0.25, 0.3) is 11.1 Å². The number of aryl methyl sites for hydroxylation is 2. The van der Waals surface area contributed by atoms with Gasteiger partial charge in [0.2, 0.25) is 11.8 Å². The van der Waals surface area contributed by atoms with Gasteiger partial charge in [-0.15, -0.1) is 0 Å². The van der Waals surface area contributed by atoms with Crippen LogP contribution in [0.5, 0.6) is 0 Å². The molecule has 0 fully saturated rings. The molecule has 0 saturated carbocycles. The van der Waals surface area contributed by atoms with Gasteiger partial charge in [-0.2, -0.15) is 0 Å². The van der Waals surface area contributed by atoms with Crippen LogP contribution in [0.3, 0.4) is 0 Å². The molecule has 0 radical (unpaired) electrons. The Balaban J connectivity index is 2.00. The Morgan fingerprint density at radius 2 is 1.67 bits per heavy atom. The van der Waals surface area contributed by atoms with E-state index in [2.05, 4.69) is 15.2 Å². The van der Waals surface area contributed by atoms with Gasteiger partial charge in [-0.05, 0) is 62.2 Å². The summed E-state index contributed by atoms with van der Waals surface area (Å²) in [5, 5.41) is 6.43. The largest absolute Gasteiger partial charge is 0.337 e. The number of carbonyl (C=O) groups excluding carboxylic acids is 2. The van der Waals surface area contributed by atoms with Crippen LogP contribution < -0.4 is 10.0 Å². The number of benzene rings is 2. The maximum atomic E-state index is 13.0. The molecule has 30 heavy (non-hydrogen) atoms. The molecule has 3 rings (SSSR count). The van der Waals surface area contributed by atoms with Crippen LogP contribution in [0.1, 0.15) is 35.5 Å². The van der Waals surface area contributed by atoms with Gasteiger partial charge in [-0.25, -0.2) is 8.42 Å². The number of nitrogens with zero attached hydrogens (tertiary/aromatic N) is 1. The van der Waals surface area contributed by atoms with Gasteiger partial charge in [0.05, 0.1) is 16.2 Å². The van der Waals surface area contributed by atoms with E-state index in [1.807, 2.05) is 0 Å². The third-order valence-corrected chi connectivity index (χ3v) is 5.99. The molecule has 0 aliphatic rings. The maximum Gasteiger partial charge on any atom is 0.262 e. The van der Waals surface area contributed by atoms with Crippen LogP contribution in [0.2, 0.25) is 0 Å². The number of amides is 1. The smallest absolute Gasteiger partial charge is 0.262 e. The number of carbonyl (C=O) groups is 2. The highest BCUT2D eigenvalue weighted by molar-refractivity contribution is 7.92. The number of hydrogen-bond acceptors (Lipinski definition) is 6. The topological polar surface area (TPSA) is 118 Å².